The zero-order valence-electron chi connectivity index (χ0n) is 10.5. The van der Waals surface area contributed by atoms with E-state index in [1.54, 1.807) is 0 Å². The number of nitrogens with one attached hydrogen (secondary N) is 1. The Bertz CT molecular complexity index is 683. The smallest absolute Gasteiger partial charge is 0.389 e. The van der Waals surface area contributed by atoms with Crippen LogP contribution in [0.3, 0.4) is 0 Å². The first-order valence-electron chi connectivity index (χ1n) is 5.82. The van der Waals surface area contributed by atoms with Crippen LogP contribution in [0.25, 0.3) is 0 Å². The van der Waals surface area contributed by atoms with Gasteiger partial charge in [0.15, 0.2) is 0 Å². The van der Waals surface area contributed by atoms with Crippen molar-refractivity contribution in [2.75, 3.05) is 5.32 Å². The molecule has 3 N–H and O–H groups in total. The van der Waals surface area contributed by atoms with Gasteiger partial charge in [-0.2, -0.15) is 13.2 Å². The molecular weight excluding hydrogens is 304 g/mol. The molecule has 0 aliphatic heterocycles. The van der Waals surface area contributed by atoms with Gasteiger partial charge in [0.2, 0.25) is 0 Å². The van der Waals surface area contributed by atoms with E-state index in [9.17, 15) is 17.6 Å². The predicted octanol–water partition coefficient (Wildman–Crippen LogP) is 4.22. The van der Waals surface area contributed by atoms with Crippen molar-refractivity contribution in [2.24, 2.45) is 5.73 Å². The van der Waals surface area contributed by atoms with Crippen molar-refractivity contribution in [3.05, 3.63) is 59.4 Å². The highest BCUT2D eigenvalue weighted by molar-refractivity contribution is 7.80. The minimum absolute atomic E-state index is 0.0826. The van der Waals surface area contributed by atoms with Gasteiger partial charge < -0.3 is 11.1 Å². The summed E-state index contributed by atoms with van der Waals surface area (Å²) >= 11 is 4.74. The van der Waals surface area contributed by atoms with Crippen LogP contribution in [0.5, 0.6) is 0 Å². The molecule has 0 spiro atoms. The Balaban J connectivity index is 2.50. The molecule has 2 aromatic carbocycles. The van der Waals surface area contributed by atoms with Crippen molar-refractivity contribution < 1.29 is 17.6 Å². The molecule has 0 bridgehead atoms. The summed E-state index contributed by atoms with van der Waals surface area (Å²) < 4.78 is 52.5. The van der Waals surface area contributed by atoms with Gasteiger partial charge in [-0.15, -0.1) is 0 Å². The van der Waals surface area contributed by atoms with E-state index in [1.165, 1.54) is 30.3 Å². The predicted molar refractivity (Wildman–Crippen MR) is 77.0 cm³/mol. The number of hydrogen-bond acceptors (Lipinski definition) is 2. The fourth-order valence-electron chi connectivity index (χ4n) is 1.86. The Morgan fingerprint density at radius 2 is 1.62 bits per heavy atom. The maximum atomic E-state index is 13.7. The van der Waals surface area contributed by atoms with Crippen molar-refractivity contribution in [2.45, 2.75) is 6.18 Å². The molecule has 21 heavy (non-hydrogen) atoms. The molecule has 7 heteroatoms. The molecule has 0 saturated heterocycles. The number of nitrogens with two attached hydrogens (primary N) is 1. The number of hydrogen-bond donors (Lipinski definition) is 2. The van der Waals surface area contributed by atoms with E-state index in [1.807, 2.05) is 0 Å². The van der Waals surface area contributed by atoms with E-state index in [-0.39, 0.29) is 21.9 Å². The molecule has 2 nitrogen and oxygen atoms in total. The van der Waals surface area contributed by atoms with E-state index in [0.29, 0.717) is 0 Å². The highest BCUT2D eigenvalue weighted by atomic mass is 32.1. The van der Waals surface area contributed by atoms with Gasteiger partial charge in [-0.25, -0.2) is 4.39 Å². The highest BCUT2D eigenvalue weighted by Crippen LogP contribution is 2.36. The summed E-state index contributed by atoms with van der Waals surface area (Å²) in [5.41, 5.74) is 4.32. The van der Waals surface area contributed by atoms with E-state index in [0.717, 1.165) is 12.1 Å². The lowest BCUT2D eigenvalue weighted by molar-refractivity contribution is -0.136. The number of para-hydroxylation sites is 1. The Morgan fingerprint density at radius 3 is 2.24 bits per heavy atom. The molecule has 0 aliphatic rings. The van der Waals surface area contributed by atoms with Crippen LogP contribution in [0.4, 0.5) is 28.9 Å². The first-order chi connectivity index (χ1) is 9.80. The monoisotopic (exact) mass is 314 g/mol. The third-order valence-electron chi connectivity index (χ3n) is 2.76. The van der Waals surface area contributed by atoms with Gasteiger partial charge in [-0.3, -0.25) is 0 Å². The molecule has 0 atom stereocenters. The Kier molecular flexibility index (Phi) is 4.13. The van der Waals surface area contributed by atoms with Crippen LogP contribution in [0.15, 0.2) is 42.5 Å². The maximum Gasteiger partial charge on any atom is 0.418 e. The minimum Gasteiger partial charge on any atom is -0.389 e. The third kappa shape index (κ3) is 3.30. The van der Waals surface area contributed by atoms with E-state index >= 15 is 0 Å². The van der Waals surface area contributed by atoms with Crippen molar-refractivity contribution in [3.63, 3.8) is 0 Å². The lowest BCUT2D eigenvalue weighted by Crippen LogP contribution is -2.15. The Hall–Kier alpha value is -2.15. The quantitative estimate of drug-likeness (QED) is 0.658. The zero-order valence-corrected chi connectivity index (χ0v) is 11.4. The molecule has 0 aromatic heterocycles. The van der Waals surface area contributed by atoms with Crippen LogP contribution in [0.2, 0.25) is 0 Å². The average molecular weight is 314 g/mol. The summed E-state index contributed by atoms with van der Waals surface area (Å²) in [5, 5.41) is 2.54. The van der Waals surface area contributed by atoms with Crippen molar-refractivity contribution >= 4 is 28.6 Å². The molecule has 2 aromatic rings. The largest absolute Gasteiger partial charge is 0.418 e. The van der Waals surface area contributed by atoms with Gasteiger partial charge in [0, 0.05) is 0 Å². The molecule has 0 saturated carbocycles. The van der Waals surface area contributed by atoms with E-state index < -0.39 is 17.6 Å². The van der Waals surface area contributed by atoms with Crippen molar-refractivity contribution in [1.29, 1.82) is 0 Å². The summed E-state index contributed by atoms with van der Waals surface area (Å²) in [6.07, 6.45) is -4.53. The maximum absolute atomic E-state index is 13.7. The van der Waals surface area contributed by atoms with Gasteiger partial charge in [0.05, 0.1) is 22.5 Å². The van der Waals surface area contributed by atoms with Crippen LogP contribution >= 0.6 is 12.2 Å². The first-order valence-corrected chi connectivity index (χ1v) is 6.23. The molecule has 0 heterocycles. The first kappa shape index (κ1) is 15.2. The molecule has 0 aliphatic carbocycles. The molecule has 0 amide bonds. The second-order valence-corrected chi connectivity index (χ2v) is 4.63. The fraction of sp³-hybridized carbons (Fsp3) is 0.0714. The number of thiocarbonyl (C=S) groups is 1. The van der Waals surface area contributed by atoms with E-state index in [4.69, 9.17) is 18.0 Å². The van der Waals surface area contributed by atoms with Crippen LogP contribution in [-0.4, -0.2) is 4.99 Å². The van der Waals surface area contributed by atoms with Crippen LogP contribution in [0, 0.1) is 5.82 Å². The summed E-state index contributed by atoms with van der Waals surface area (Å²) in [6, 6.07) is 8.79. The average Bonchev–Trinajstić information content (AvgIpc) is 2.37. The summed E-state index contributed by atoms with van der Waals surface area (Å²) in [6.45, 7) is 0. The molecule has 2 rings (SSSR count). The van der Waals surface area contributed by atoms with Gasteiger partial charge in [0.25, 0.3) is 0 Å². The number of rotatable bonds is 3. The molecule has 0 radical (unpaired) electrons. The fourth-order valence-corrected chi connectivity index (χ4v) is 2.07. The number of halogens is 4. The lowest BCUT2D eigenvalue weighted by atomic mass is 10.1. The molecule has 0 fully saturated rings. The van der Waals surface area contributed by atoms with E-state index in [2.05, 4.69) is 5.32 Å². The van der Waals surface area contributed by atoms with Crippen LogP contribution in [-0.2, 0) is 6.18 Å². The SMILES string of the molecule is NC(=S)c1c(F)cccc1Nc1ccccc1C(F)(F)F. The standard InChI is InChI=1S/C14H10F4N2S/c15-9-5-3-7-11(12(9)13(19)21)20-10-6-2-1-4-8(10)14(16,17)18/h1-7,20H,(H2,19,21). The van der Waals surface area contributed by atoms with Gasteiger partial charge in [0.1, 0.15) is 10.8 Å². The third-order valence-corrected chi connectivity index (χ3v) is 2.97. The topological polar surface area (TPSA) is 38.0 Å². The van der Waals surface area contributed by atoms with Crippen molar-refractivity contribution in [1.82, 2.24) is 0 Å². The molecule has 110 valence electrons. The normalized spacial score (nSPS) is 11.2. The second-order valence-electron chi connectivity index (χ2n) is 4.19. The minimum atomic E-state index is -4.53. The lowest BCUT2D eigenvalue weighted by Gasteiger charge is -2.16. The number of alkyl halides is 3. The van der Waals surface area contributed by atoms with Crippen LogP contribution in [0.1, 0.15) is 11.1 Å². The summed E-state index contributed by atoms with van der Waals surface area (Å²) in [5.74, 6) is -0.697. The Morgan fingerprint density at radius 1 is 1.00 bits per heavy atom. The number of benzene rings is 2. The van der Waals surface area contributed by atoms with Crippen LogP contribution < -0.4 is 11.1 Å². The highest BCUT2D eigenvalue weighted by Gasteiger charge is 2.33. The zero-order chi connectivity index (χ0) is 15.6. The number of anilines is 2. The summed E-state index contributed by atoms with van der Waals surface area (Å²) in [7, 11) is 0. The summed E-state index contributed by atoms with van der Waals surface area (Å²) in [4.78, 5) is -0.236. The van der Waals surface area contributed by atoms with Crippen molar-refractivity contribution in [3.8, 4) is 0 Å². The molecular formula is C14H10F4N2S. The van der Waals surface area contributed by atoms with Gasteiger partial charge in [-0.1, -0.05) is 30.4 Å². The Labute approximate surface area is 123 Å². The van der Waals surface area contributed by atoms with Gasteiger partial charge >= 0.3 is 6.18 Å². The molecule has 0 unspecified atom stereocenters. The second kappa shape index (κ2) is 5.69. The van der Waals surface area contributed by atoms with Gasteiger partial charge in [-0.05, 0) is 24.3 Å².